The molecule has 140 valence electrons. The number of hydrogen-bond acceptors (Lipinski definition) is 5. The molecule has 0 amide bonds. The second kappa shape index (κ2) is 7.29. The third-order valence-electron chi connectivity index (χ3n) is 5.19. The van der Waals surface area contributed by atoms with Gasteiger partial charge in [0, 0.05) is 37.8 Å². The summed E-state index contributed by atoms with van der Waals surface area (Å²) in [6.07, 6.45) is 1.48. The molecule has 0 saturated carbocycles. The van der Waals surface area contributed by atoms with E-state index in [1.165, 1.54) is 6.20 Å². The Labute approximate surface area is 160 Å². The van der Waals surface area contributed by atoms with Crippen LogP contribution in [0.3, 0.4) is 0 Å². The Hall–Kier alpha value is -2.44. The zero-order chi connectivity index (χ0) is 18.9. The van der Waals surface area contributed by atoms with Gasteiger partial charge in [-0.2, -0.15) is 0 Å². The predicted molar refractivity (Wildman–Crippen MR) is 108 cm³/mol. The quantitative estimate of drug-likeness (QED) is 0.695. The van der Waals surface area contributed by atoms with Crippen LogP contribution in [-0.2, 0) is 9.84 Å². The summed E-state index contributed by atoms with van der Waals surface area (Å²) in [6, 6.07) is 16.2. The van der Waals surface area contributed by atoms with Crippen molar-refractivity contribution in [3.63, 3.8) is 0 Å². The SMILES string of the molecule is CCN1CCN(c2cccc3cc(S(=O)(=O)c4ccccc4)cnc23)CC1. The van der Waals surface area contributed by atoms with Crippen molar-refractivity contribution in [2.45, 2.75) is 16.7 Å². The van der Waals surface area contributed by atoms with E-state index in [0.717, 1.165) is 49.3 Å². The van der Waals surface area contributed by atoms with Crippen molar-refractivity contribution in [1.29, 1.82) is 0 Å². The van der Waals surface area contributed by atoms with Gasteiger partial charge in [-0.05, 0) is 30.8 Å². The lowest BCUT2D eigenvalue weighted by molar-refractivity contribution is 0.271. The highest BCUT2D eigenvalue weighted by molar-refractivity contribution is 7.91. The molecule has 0 aliphatic carbocycles. The highest BCUT2D eigenvalue weighted by atomic mass is 32.2. The number of benzene rings is 2. The molecule has 1 aliphatic rings. The van der Waals surface area contributed by atoms with Crippen LogP contribution in [0.5, 0.6) is 0 Å². The minimum absolute atomic E-state index is 0.231. The van der Waals surface area contributed by atoms with Gasteiger partial charge >= 0.3 is 0 Å². The van der Waals surface area contributed by atoms with Crippen LogP contribution >= 0.6 is 0 Å². The summed E-state index contributed by atoms with van der Waals surface area (Å²) in [4.78, 5) is 9.84. The van der Waals surface area contributed by atoms with Crippen LogP contribution in [0.15, 0.2) is 70.6 Å². The summed E-state index contributed by atoms with van der Waals surface area (Å²) in [5, 5.41) is 0.849. The summed E-state index contributed by atoms with van der Waals surface area (Å²) in [7, 11) is -3.56. The van der Waals surface area contributed by atoms with Gasteiger partial charge in [-0.1, -0.05) is 37.3 Å². The van der Waals surface area contributed by atoms with Crippen molar-refractivity contribution in [2.75, 3.05) is 37.6 Å². The fourth-order valence-electron chi connectivity index (χ4n) is 3.57. The highest BCUT2D eigenvalue weighted by Crippen LogP contribution is 2.29. The number of fused-ring (bicyclic) bond motifs is 1. The van der Waals surface area contributed by atoms with Gasteiger partial charge in [0.05, 0.1) is 21.0 Å². The molecule has 0 radical (unpaired) electrons. The minimum Gasteiger partial charge on any atom is -0.367 e. The molecule has 4 rings (SSSR count). The van der Waals surface area contributed by atoms with Crippen LogP contribution < -0.4 is 4.90 Å². The van der Waals surface area contributed by atoms with Gasteiger partial charge in [0.2, 0.25) is 9.84 Å². The first-order chi connectivity index (χ1) is 13.1. The van der Waals surface area contributed by atoms with E-state index in [1.807, 2.05) is 18.2 Å². The summed E-state index contributed by atoms with van der Waals surface area (Å²) >= 11 is 0. The van der Waals surface area contributed by atoms with Crippen molar-refractivity contribution in [3.8, 4) is 0 Å². The van der Waals surface area contributed by atoms with Crippen molar-refractivity contribution >= 4 is 26.4 Å². The van der Waals surface area contributed by atoms with Crippen LogP contribution in [0, 0.1) is 0 Å². The molecule has 0 atom stereocenters. The molecule has 3 aromatic rings. The van der Waals surface area contributed by atoms with E-state index in [-0.39, 0.29) is 9.79 Å². The second-order valence-corrected chi connectivity index (χ2v) is 8.71. The van der Waals surface area contributed by atoms with Gasteiger partial charge in [-0.15, -0.1) is 0 Å². The first-order valence-corrected chi connectivity index (χ1v) is 10.7. The Morgan fingerprint density at radius 3 is 2.37 bits per heavy atom. The molecule has 1 aliphatic heterocycles. The molecule has 1 saturated heterocycles. The van der Waals surface area contributed by atoms with Gasteiger partial charge in [-0.25, -0.2) is 8.42 Å². The lowest BCUT2D eigenvalue weighted by Crippen LogP contribution is -2.46. The number of hydrogen-bond donors (Lipinski definition) is 0. The first-order valence-electron chi connectivity index (χ1n) is 9.26. The monoisotopic (exact) mass is 381 g/mol. The number of aromatic nitrogens is 1. The molecule has 27 heavy (non-hydrogen) atoms. The van der Waals surface area contributed by atoms with Gasteiger partial charge < -0.3 is 9.80 Å². The average molecular weight is 382 g/mol. The normalized spacial score (nSPS) is 16.0. The van der Waals surface area contributed by atoms with Crippen LogP contribution in [0.2, 0.25) is 0 Å². The summed E-state index contributed by atoms with van der Waals surface area (Å²) < 4.78 is 25.8. The van der Waals surface area contributed by atoms with Crippen molar-refractivity contribution in [3.05, 3.63) is 60.8 Å². The number of pyridine rings is 1. The molecule has 2 heterocycles. The van der Waals surface area contributed by atoms with E-state index < -0.39 is 9.84 Å². The lowest BCUT2D eigenvalue weighted by Gasteiger charge is -2.35. The second-order valence-electron chi connectivity index (χ2n) is 6.76. The maximum Gasteiger partial charge on any atom is 0.208 e. The zero-order valence-electron chi connectivity index (χ0n) is 15.4. The van der Waals surface area contributed by atoms with Gasteiger partial charge in [0.1, 0.15) is 0 Å². The van der Waals surface area contributed by atoms with Crippen molar-refractivity contribution in [1.82, 2.24) is 9.88 Å². The molecular weight excluding hydrogens is 358 g/mol. The molecule has 1 fully saturated rings. The largest absolute Gasteiger partial charge is 0.367 e. The van der Waals surface area contributed by atoms with Gasteiger partial charge in [-0.3, -0.25) is 4.98 Å². The Morgan fingerprint density at radius 1 is 0.926 bits per heavy atom. The van der Waals surface area contributed by atoms with E-state index in [0.29, 0.717) is 0 Å². The number of anilines is 1. The van der Waals surface area contributed by atoms with Gasteiger partial charge in [0.15, 0.2) is 0 Å². The van der Waals surface area contributed by atoms with Crippen LogP contribution in [0.1, 0.15) is 6.92 Å². The number of para-hydroxylation sites is 1. The van der Waals surface area contributed by atoms with Crippen LogP contribution in [-0.4, -0.2) is 51.0 Å². The molecule has 6 heteroatoms. The molecule has 0 unspecified atom stereocenters. The highest BCUT2D eigenvalue weighted by Gasteiger charge is 2.21. The summed E-state index contributed by atoms with van der Waals surface area (Å²) in [6.45, 7) is 7.24. The average Bonchev–Trinajstić information content (AvgIpc) is 2.73. The molecular formula is C21H23N3O2S. The standard InChI is InChI=1S/C21H23N3O2S/c1-2-23-11-13-24(14-12-23)20-10-6-7-17-15-19(16-22-21(17)20)27(25,26)18-8-4-3-5-9-18/h3-10,15-16H,2,11-14H2,1H3. The van der Waals surface area contributed by atoms with Crippen LogP contribution in [0.4, 0.5) is 5.69 Å². The van der Waals surface area contributed by atoms with E-state index in [2.05, 4.69) is 27.8 Å². The number of piperazine rings is 1. The van der Waals surface area contributed by atoms with E-state index in [1.54, 1.807) is 30.3 Å². The van der Waals surface area contributed by atoms with Crippen LogP contribution in [0.25, 0.3) is 10.9 Å². The Kier molecular flexibility index (Phi) is 4.85. The first kappa shape index (κ1) is 17.9. The summed E-state index contributed by atoms with van der Waals surface area (Å²) in [5.74, 6) is 0. The Morgan fingerprint density at radius 2 is 1.67 bits per heavy atom. The van der Waals surface area contributed by atoms with E-state index in [4.69, 9.17) is 0 Å². The number of nitrogens with zero attached hydrogens (tertiary/aromatic N) is 3. The third kappa shape index (κ3) is 3.42. The maximum absolute atomic E-state index is 12.9. The third-order valence-corrected chi connectivity index (χ3v) is 6.93. The molecule has 2 aromatic carbocycles. The van der Waals surface area contributed by atoms with Crippen molar-refractivity contribution in [2.24, 2.45) is 0 Å². The number of likely N-dealkylation sites (N-methyl/N-ethyl adjacent to an activating group) is 1. The predicted octanol–water partition coefficient (Wildman–Crippen LogP) is 3.21. The van der Waals surface area contributed by atoms with Gasteiger partial charge in [0.25, 0.3) is 0 Å². The smallest absolute Gasteiger partial charge is 0.208 e. The minimum atomic E-state index is -3.56. The fourth-order valence-corrected chi connectivity index (χ4v) is 4.83. The summed E-state index contributed by atoms with van der Waals surface area (Å²) in [5.41, 5.74) is 1.93. The molecule has 0 bridgehead atoms. The topological polar surface area (TPSA) is 53.5 Å². The van der Waals surface area contributed by atoms with E-state index >= 15 is 0 Å². The lowest BCUT2D eigenvalue weighted by atomic mass is 10.1. The molecule has 5 nitrogen and oxygen atoms in total. The molecule has 0 N–H and O–H groups in total. The number of sulfone groups is 1. The fraction of sp³-hybridized carbons (Fsp3) is 0.286. The van der Waals surface area contributed by atoms with E-state index in [9.17, 15) is 8.42 Å². The maximum atomic E-state index is 12.9. The van der Waals surface area contributed by atoms with Crippen molar-refractivity contribution < 1.29 is 8.42 Å². The number of rotatable bonds is 4. The Balaban J connectivity index is 1.71. The zero-order valence-corrected chi connectivity index (χ0v) is 16.2. The molecule has 0 spiro atoms. The molecule has 1 aromatic heterocycles. The Bertz CT molecular complexity index is 1040.